The van der Waals surface area contributed by atoms with Gasteiger partial charge in [-0.15, -0.1) is 0 Å². The van der Waals surface area contributed by atoms with E-state index < -0.39 is 0 Å². The number of ether oxygens (including phenoxy) is 1. The fraction of sp³-hybridized carbons (Fsp3) is 0.600. The van der Waals surface area contributed by atoms with Gasteiger partial charge in [0.1, 0.15) is 5.75 Å². The minimum atomic E-state index is -0.0281. The van der Waals surface area contributed by atoms with Gasteiger partial charge in [0.05, 0.1) is 7.11 Å². The Kier molecular flexibility index (Phi) is 2.62. The number of hydrogen-bond donors (Lipinski definition) is 1. The summed E-state index contributed by atoms with van der Waals surface area (Å²) in [6.45, 7) is 0. The molecule has 1 aromatic rings. The molecule has 0 heterocycles. The van der Waals surface area contributed by atoms with Crippen LogP contribution < -0.4 is 10.5 Å². The van der Waals surface area contributed by atoms with Crippen molar-refractivity contribution >= 4 is 0 Å². The highest BCUT2D eigenvalue weighted by atomic mass is 16.5. The minimum Gasteiger partial charge on any atom is -0.496 e. The van der Waals surface area contributed by atoms with Gasteiger partial charge in [0, 0.05) is 5.54 Å². The fourth-order valence-corrected chi connectivity index (χ4v) is 3.02. The predicted octanol–water partition coefficient (Wildman–Crippen LogP) is 3.30. The number of methoxy groups -OCH3 is 1. The number of rotatable bonds is 3. The van der Waals surface area contributed by atoms with E-state index in [2.05, 4.69) is 18.2 Å². The molecule has 2 heteroatoms. The van der Waals surface area contributed by atoms with Crippen molar-refractivity contribution in [3.63, 3.8) is 0 Å². The largest absolute Gasteiger partial charge is 0.496 e. The highest BCUT2D eigenvalue weighted by Gasteiger charge is 2.40. The lowest BCUT2D eigenvalue weighted by atomic mass is 9.92. The predicted molar refractivity (Wildman–Crippen MR) is 69.3 cm³/mol. The third kappa shape index (κ3) is 1.95. The lowest BCUT2D eigenvalue weighted by Crippen LogP contribution is -2.19. The van der Waals surface area contributed by atoms with Crippen molar-refractivity contribution in [1.82, 2.24) is 0 Å². The molecule has 2 N–H and O–H groups in total. The summed E-state index contributed by atoms with van der Waals surface area (Å²) in [6.07, 6.45) is 7.57. The molecule has 2 aliphatic carbocycles. The standard InChI is InChI=1S/C15H21NO/c1-17-14-7-6-12(15(16)8-9-15)10-13(14)11-4-2-3-5-11/h6-7,10-11H,2-5,8-9,16H2,1H3. The maximum absolute atomic E-state index is 6.29. The third-order valence-corrected chi connectivity index (χ3v) is 4.39. The Hall–Kier alpha value is -1.02. The van der Waals surface area contributed by atoms with E-state index in [0.717, 1.165) is 18.6 Å². The third-order valence-electron chi connectivity index (χ3n) is 4.39. The van der Waals surface area contributed by atoms with Gasteiger partial charge in [-0.1, -0.05) is 18.9 Å². The van der Waals surface area contributed by atoms with Crippen molar-refractivity contribution < 1.29 is 4.74 Å². The first kappa shape index (κ1) is 11.1. The van der Waals surface area contributed by atoms with E-state index >= 15 is 0 Å². The maximum Gasteiger partial charge on any atom is 0.122 e. The lowest BCUT2D eigenvalue weighted by molar-refractivity contribution is 0.405. The molecule has 1 aromatic carbocycles. The quantitative estimate of drug-likeness (QED) is 0.866. The van der Waals surface area contributed by atoms with Gasteiger partial charge in [-0.3, -0.25) is 0 Å². The molecule has 0 unspecified atom stereocenters. The van der Waals surface area contributed by atoms with E-state index in [1.54, 1.807) is 7.11 Å². The zero-order valence-corrected chi connectivity index (χ0v) is 10.5. The summed E-state index contributed by atoms with van der Waals surface area (Å²) in [7, 11) is 1.77. The Balaban J connectivity index is 1.97. The molecule has 0 saturated heterocycles. The van der Waals surface area contributed by atoms with Crippen LogP contribution in [0.4, 0.5) is 0 Å². The molecule has 2 fully saturated rings. The van der Waals surface area contributed by atoms with Crippen molar-refractivity contribution in [3.8, 4) is 5.75 Å². The van der Waals surface area contributed by atoms with Crippen LogP contribution in [0.5, 0.6) is 5.75 Å². The molecule has 2 saturated carbocycles. The fourth-order valence-electron chi connectivity index (χ4n) is 3.02. The van der Waals surface area contributed by atoms with Crippen molar-refractivity contribution in [2.75, 3.05) is 7.11 Å². The smallest absolute Gasteiger partial charge is 0.122 e. The molecule has 0 amide bonds. The van der Waals surface area contributed by atoms with Crippen LogP contribution in [0, 0.1) is 0 Å². The van der Waals surface area contributed by atoms with Gasteiger partial charge in [-0.25, -0.2) is 0 Å². The summed E-state index contributed by atoms with van der Waals surface area (Å²) >= 11 is 0. The van der Waals surface area contributed by atoms with Crippen LogP contribution in [-0.2, 0) is 5.54 Å². The molecular weight excluding hydrogens is 210 g/mol. The summed E-state index contributed by atoms with van der Waals surface area (Å²) in [5, 5.41) is 0. The second kappa shape index (κ2) is 4.02. The molecule has 92 valence electrons. The topological polar surface area (TPSA) is 35.2 Å². The Morgan fingerprint density at radius 3 is 2.53 bits per heavy atom. The molecule has 0 bridgehead atoms. The molecule has 2 aliphatic rings. The molecule has 0 atom stereocenters. The number of nitrogens with two attached hydrogens (primary N) is 1. The van der Waals surface area contributed by atoms with E-state index in [0.29, 0.717) is 5.92 Å². The van der Waals surface area contributed by atoms with Crippen molar-refractivity contribution in [2.45, 2.75) is 50.0 Å². The van der Waals surface area contributed by atoms with E-state index in [-0.39, 0.29) is 5.54 Å². The van der Waals surface area contributed by atoms with Crippen LogP contribution in [0.3, 0.4) is 0 Å². The highest BCUT2D eigenvalue weighted by molar-refractivity contribution is 5.44. The lowest BCUT2D eigenvalue weighted by Gasteiger charge is -2.18. The summed E-state index contributed by atoms with van der Waals surface area (Å²) < 4.78 is 5.50. The normalized spacial score (nSPS) is 22.7. The first-order valence-corrected chi connectivity index (χ1v) is 6.70. The zero-order chi connectivity index (χ0) is 11.9. The van der Waals surface area contributed by atoms with Crippen LogP contribution in [0.2, 0.25) is 0 Å². The van der Waals surface area contributed by atoms with Gasteiger partial charge in [-0.05, 0) is 54.9 Å². The summed E-state index contributed by atoms with van der Waals surface area (Å²) in [5.41, 5.74) is 8.95. The van der Waals surface area contributed by atoms with Gasteiger partial charge in [0.15, 0.2) is 0 Å². The van der Waals surface area contributed by atoms with Crippen LogP contribution in [-0.4, -0.2) is 7.11 Å². The number of hydrogen-bond acceptors (Lipinski definition) is 2. The van der Waals surface area contributed by atoms with Gasteiger partial charge in [-0.2, -0.15) is 0 Å². The van der Waals surface area contributed by atoms with Gasteiger partial charge in [0.2, 0.25) is 0 Å². The van der Waals surface area contributed by atoms with Gasteiger partial charge in [0.25, 0.3) is 0 Å². The molecule has 0 aromatic heterocycles. The zero-order valence-electron chi connectivity index (χ0n) is 10.5. The maximum atomic E-state index is 6.29. The monoisotopic (exact) mass is 231 g/mol. The molecule has 3 rings (SSSR count). The average Bonchev–Trinajstić information content (AvgIpc) is 2.91. The minimum absolute atomic E-state index is 0.0281. The second-order valence-electron chi connectivity index (χ2n) is 5.59. The molecule has 17 heavy (non-hydrogen) atoms. The van der Waals surface area contributed by atoms with Crippen LogP contribution in [0.1, 0.15) is 55.6 Å². The summed E-state index contributed by atoms with van der Waals surface area (Å²) in [4.78, 5) is 0. The van der Waals surface area contributed by atoms with Crippen LogP contribution >= 0.6 is 0 Å². The highest BCUT2D eigenvalue weighted by Crippen LogP contribution is 2.46. The Morgan fingerprint density at radius 1 is 1.24 bits per heavy atom. The Morgan fingerprint density at radius 2 is 1.94 bits per heavy atom. The second-order valence-corrected chi connectivity index (χ2v) is 5.59. The van der Waals surface area contributed by atoms with Gasteiger partial charge < -0.3 is 10.5 Å². The number of benzene rings is 1. The summed E-state index contributed by atoms with van der Waals surface area (Å²) in [5.74, 6) is 1.73. The first-order chi connectivity index (χ1) is 8.23. The molecule has 0 aliphatic heterocycles. The SMILES string of the molecule is COc1ccc(C2(N)CC2)cc1C1CCCC1. The molecule has 2 nitrogen and oxygen atoms in total. The Labute approximate surface area is 103 Å². The van der Waals surface area contributed by atoms with Crippen molar-refractivity contribution in [1.29, 1.82) is 0 Å². The van der Waals surface area contributed by atoms with E-state index in [1.807, 2.05) is 0 Å². The van der Waals surface area contributed by atoms with Crippen molar-refractivity contribution in [3.05, 3.63) is 29.3 Å². The summed E-state index contributed by atoms with van der Waals surface area (Å²) in [6, 6.07) is 6.56. The van der Waals surface area contributed by atoms with Crippen LogP contribution in [0.15, 0.2) is 18.2 Å². The van der Waals surface area contributed by atoms with E-state index in [4.69, 9.17) is 10.5 Å². The first-order valence-electron chi connectivity index (χ1n) is 6.70. The molecular formula is C15H21NO. The van der Waals surface area contributed by atoms with Crippen LogP contribution in [0.25, 0.3) is 0 Å². The molecule has 0 radical (unpaired) electrons. The van der Waals surface area contributed by atoms with E-state index in [9.17, 15) is 0 Å². The Bertz CT molecular complexity index is 417. The van der Waals surface area contributed by atoms with E-state index in [1.165, 1.54) is 36.8 Å². The van der Waals surface area contributed by atoms with Gasteiger partial charge >= 0.3 is 0 Å². The van der Waals surface area contributed by atoms with Crippen molar-refractivity contribution in [2.24, 2.45) is 5.73 Å². The molecule has 0 spiro atoms. The average molecular weight is 231 g/mol.